The minimum atomic E-state index is 0.528. The minimum Gasteiger partial charge on any atom is -0.497 e. The van der Waals surface area contributed by atoms with Gasteiger partial charge in [0, 0.05) is 30.9 Å². The maximum atomic E-state index is 6.17. The van der Waals surface area contributed by atoms with Gasteiger partial charge in [-0.1, -0.05) is 17.7 Å². The van der Waals surface area contributed by atoms with Gasteiger partial charge in [-0.05, 0) is 30.5 Å². The van der Waals surface area contributed by atoms with E-state index in [1.807, 2.05) is 30.3 Å². The molecule has 110 valence electrons. The molecule has 1 aliphatic carbocycles. The minimum absolute atomic E-state index is 0.528. The van der Waals surface area contributed by atoms with E-state index in [4.69, 9.17) is 21.1 Å². The lowest BCUT2D eigenvalue weighted by atomic mass is 10.2. The van der Waals surface area contributed by atoms with Gasteiger partial charge < -0.3 is 14.8 Å². The van der Waals surface area contributed by atoms with Crippen molar-refractivity contribution in [1.82, 2.24) is 10.3 Å². The first-order chi connectivity index (χ1) is 10.2. The number of nitrogens with one attached hydrogen (secondary N) is 1. The molecule has 0 bridgehead atoms. The van der Waals surface area contributed by atoms with Crippen molar-refractivity contribution in [3.63, 3.8) is 0 Å². The predicted octanol–water partition coefficient (Wildman–Crippen LogP) is 3.79. The molecule has 21 heavy (non-hydrogen) atoms. The molecule has 1 aromatic carbocycles. The molecule has 3 rings (SSSR count). The third-order valence-corrected chi connectivity index (χ3v) is 3.67. The van der Waals surface area contributed by atoms with Gasteiger partial charge in [0.05, 0.1) is 12.1 Å². The zero-order valence-corrected chi connectivity index (χ0v) is 12.6. The number of halogens is 1. The fourth-order valence-corrected chi connectivity index (χ4v) is 2.15. The van der Waals surface area contributed by atoms with Gasteiger partial charge in [0.1, 0.15) is 11.5 Å². The first-order valence-electron chi connectivity index (χ1n) is 6.94. The van der Waals surface area contributed by atoms with E-state index in [2.05, 4.69) is 10.3 Å². The standard InChI is InChI=1S/C16H17ClN2O2/c1-20-13-3-2-4-14(8-13)21-16-7-11(15(17)10-19-16)9-18-12-5-6-12/h2-4,7-8,10,12,18H,5-6,9H2,1H3. The molecule has 0 atom stereocenters. The summed E-state index contributed by atoms with van der Waals surface area (Å²) in [6, 6.07) is 9.93. The Morgan fingerprint density at radius 2 is 2.10 bits per heavy atom. The summed E-state index contributed by atoms with van der Waals surface area (Å²) in [5.41, 5.74) is 0.997. The average molecular weight is 305 g/mol. The van der Waals surface area contributed by atoms with Crippen LogP contribution in [0.1, 0.15) is 18.4 Å². The highest BCUT2D eigenvalue weighted by Gasteiger charge is 2.20. The van der Waals surface area contributed by atoms with Gasteiger partial charge in [-0.3, -0.25) is 0 Å². The zero-order chi connectivity index (χ0) is 14.7. The second-order valence-electron chi connectivity index (χ2n) is 5.05. The van der Waals surface area contributed by atoms with Crippen LogP contribution in [-0.2, 0) is 6.54 Å². The number of methoxy groups -OCH3 is 1. The van der Waals surface area contributed by atoms with Crippen LogP contribution in [0.25, 0.3) is 0 Å². The highest BCUT2D eigenvalue weighted by atomic mass is 35.5. The zero-order valence-electron chi connectivity index (χ0n) is 11.8. The van der Waals surface area contributed by atoms with Crippen LogP contribution in [0.4, 0.5) is 0 Å². The summed E-state index contributed by atoms with van der Waals surface area (Å²) in [5, 5.41) is 4.09. The van der Waals surface area contributed by atoms with E-state index < -0.39 is 0 Å². The van der Waals surface area contributed by atoms with Crippen LogP contribution in [0.3, 0.4) is 0 Å². The summed E-state index contributed by atoms with van der Waals surface area (Å²) in [4.78, 5) is 4.21. The molecular weight excluding hydrogens is 288 g/mol. The van der Waals surface area contributed by atoms with Crippen LogP contribution in [0.5, 0.6) is 17.4 Å². The maximum Gasteiger partial charge on any atom is 0.219 e. The molecule has 1 heterocycles. The lowest BCUT2D eigenvalue weighted by Crippen LogP contribution is -2.15. The number of benzene rings is 1. The van der Waals surface area contributed by atoms with Gasteiger partial charge in [-0.2, -0.15) is 0 Å². The van der Waals surface area contributed by atoms with Crippen molar-refractivity contribution in [2.75, 3.05) is 7.11 Å². The van der Waals surface area contributed by atoms with E-state index >= 15 is 0 Å². The molecular formula is C16H17ClN2O2. The Bertz CT molecular complexity index is 629. The van der Waals surface area contributed by atoms with Gasteiger partial charge in [0.2, 0.25) is 5.88 Å². The van der Waals surface area contributed by atoms with Crippen LogP contribution in [0, 0.1) is 0 Å². The van der Waals surface area contributed by atoms with Crippen molar-refractivity contribution >= 4 is 11.6 Å². The molecule has 0 radical (unpaired) electrons. The molecule has 5 heteroatoms. The van der Waals surface area contributed by atoms with E-state index in [0.717, 1.165) is 17.9 Å². The molecule has 1 N–H and O–H groups in total. The first kappa shape index (κ1) is 14.2. The number of pyridine rings is 1. The SMILES string of the molecule is COc1cccc(Oc2cc(CNC3CC3)c(Cl)cn2)c1. The second-order valence-corrected chi connectivity index (χ2v) is 5.46. The Morgan fingerprint density at radius 3 is 2.86 bits per heavy atom. The van der Waals surface area contributed by atoms with Crippen LogP contribution in [0.2, 0.25) is 5.02 Å². The van der Waals surface area contributed by atoms with Crippen molar-refractivity contribution in [2.45, 2.75) is 25.4 Å². The Morgan fingerprint density at radius 1 is 1.29 bits per heavy atom. The Kier molecular flexibility index (Phi) is 4.27. The first-order valence-corrected chi connectivity index (χ1v) is 7.32. The highest BCUT2D eigenvalue weighted by Crippen LogP contribution is 2.27. The molecule has 1 saturated carbocycles. The lowest BCUT2D eigenvalue weighted by Gasteiger charge is -2.10. The quantitative estimate of drug-likeness (QED) is 0.882. The third-order valence-electron chi connectivity index (χ3n) is 3.33. The van der Waals surface area contributed by atoms with Crippen molar-refractivity contribution in [2.24, 2.45) is 0 Å². The van der Waals surface area contributed by atoms with Crippen molar-refractivity contribution in [1.29, 1.82) is 0 Å². The fourth-order valence-electron chi connectivity index (χ4n) is 1.98. The average Bonchev–Trinajstić information content (AvgIpc) is 3.32. The molecule has 1 fully saturated rings. The molecule has 0 aliphatic heterocycles. The van der Waals surface area contributed by atoms with Gasteiger partial charge in [-0.25, -0.2) is 4.98 Å². The molecule has 0 saturated heterocycles. The summed E-state index contributed by atoms with van der Waals surface area (Å²) in [7, 11) is 1.63. The highest BCUT2D eigenvalue weighted by molar-refractivity contribution is 6.31. The molecule has 0 spiro atoms. The predicted molar refractivity (Wildman–Crippen MR) is 82.2 cm³/mol. The summed E-state index contributed by atoms with van der Waals surface area (Å²) in [6.07, 6.45) is 4.12. The molecule has 1 aromatic heterocycles. The van der Waals surface area contributed by atoms with E-state index in [-0.39, 0.29) is 0 Å². The van der Waals surface area contributed by atoms with Gasteiger partial charge >= 0.3 is 0 Å². The summed E-state index contributed by atoms with van der Waals surface area (Å²) < 4.78 is 10.9. The topological polar surface area (TPSA) is 43.4 Å². The molecule has 1 aliphatic rings. The molecule has 4 nitrogen and oxygen atoms in total. The number of nitrogens with zero attached hydrogens (tertiary/aromatic N) is 1. The lowest BCUT2D eigenvalue weighted by molar-refractivity contribution is 0.407. The Labute approximate surface area is 129 Å². The van der Waals surface area contributed by atoms with Crippen LogP contribution < -0.4 is 14.8 Å². The van der Waals surface area contributed by atoms with Gasteiger partial charge in [0.25, 0.3) is 0 Å². The number of aromatic nitrogens is 1. The molecule has 0 unspecified atom stereocenters. The van der Waals surface area contributed by atoms with Gasteiger partial charge in [0.15, 0.2) is 0 Å². The fraction of sp³-hybridized carbons (Fsp3) is 0.312. The maximum absolute atomic E-state index is 6.17. The Balaban J connectivity index is 1.73. The monoisotopic (exact) mass is 304 g/mol. The molecule has 2 aromatic rings. The summed E-state index contributed by atoms with van der Waals surface area (Å²) in [6.45, 7) is 0.737. The number of hydrogen-bond acceptors (Lipinski definition) is 4. The van der Waals surface area contributed by atoms with Crippen LogP contribution in [-0.4, -0.2) is 18.1 Å². The van der Waals surface area contributed by atoms with E-state index in [0.29, 0.717) is 22.7 Å². The molecule has 0 amide bonds. The van der Waals surface area contributed by atoms with Crippen molar-refractivity contribution < 1.29 is 9.47 Å². The smallest absolute Gasteiger partial charge is 0.219 e. The summed E-state index contributed by atoms with van der Waals surface area (Å²) in [5.74, 6) is 1.96. The summed E-state index contributed by atoms with van der Waals surface area (Å²) >= 11 is 6.17. The third kappa shape index (κ3) is 3.86. The number of hydrogen-bond donors (Lipinski definition) is 1. The number of ether oxygens (including phenoxy) is 2. The second kappa shape index (κ2) is 6.33. The van der Waals surface area contributed by atoms with Crippen molar-refractivity contribution in [3.8, 4) is 17.4 Å². The van der Waals surface area contributed by atoms with Crippen LogP contribution in [0.15, 0.2) is 36.5 Å². The number of rotatable bonds is 6. The van der Waals surface area contributed by atoms with E-state index in [1.54, 1.807) is 13.3 Å². The van der Waals surface area contributed by atoms with Crippen LogP contribution >= 0.6 is 11.6 Å². The normalized spacial score (nSPS) is 14.0. The largest absolute Gasteiger partial charge is 0.497 e. The van der Waals surface area contributed by atoms with Crippen molar-refractivity contribution in [3.05, 3.63) is 47.1 Å². The Hall–Kier alpha value is -1.78. The van der Waals surface area contributed by atoms with E-state index in [9.17, 15) is 0 Å². The van der Waals surface area contributed by atoms with E-state index in [1.165, 1.54) is 12.8 Å². The van der Waals surface area contributed by atoms with Gasteiger partial charge in [-0.15, -0.1) is 0 Å².